The lowest BCUT2D eigenvalue weighted by molar-refractivity contribution is -0.142. The Morgan fingerprint density at radius 3 is 2.64 bits per heavy atom. The minimum atomic E-state index is -0.440. The molecule has 0 saturated heterocycles. The molecule has 0 spiro atoms. The van der Waals surface area contributed by atoms with Gasteiger partial charge in [0.2, 0.25) is 5.91 Å². The standard InChI is InChI=1S/C9H16N2O3/c1-6(9(13)14-2)10-5-8(12)11-7-3-4-7/h6-7,10H,3-5H2,1-2H3,(H,11,12). The van der Waals surface area contributed by atoms with Crippen LogP contribution in [0.5, 0.6) is 0 Å². The second-order valence-corrected chi connectivity index (χ2v) is 3.47. The van der Waals surface area contributed by atoms with Gasteiger partial charge in [-0.15, -0.1) is 0 Å². The summed E-state index contributed by atoms with van der Waals surface area (Å²) in [5.74, 6) is -0.424. The number of amides is 1. The lowest BCUT2D eigenvalue weighted by atomic mass is 10.3. The third-order valence-corrected chi connectivity index (χ3v) is 2.07. The number of ether oxygens (including phenoxy) is 1. The van der Waals surface area contributed by atoms with Crippen LogP contribution in [-0.2, 0) is 14.3 Å². The summed E-state index contributed by atoms with van der Waals surface area (Å²) in [4.78, 5) is 22.1. The molecule has 0 heterocycles. The van der Waals surface area contributed by atoms with Crippen LogP contribution in [0.15, 0.2) is 0 Å². The molecule has 5 nitrogen and oxygen atoms in total. The van der Waals surface area contributed by atoms with E-state index >= 15 is 0 Å². The van der Waals surface area contributed by atoms with Crippen molar-refractivity contribution in [1.29, 1.82) is 0 Å². The first-order valence-corrected chi connectivity index (χ1v) is 4.74. The van der Waals surface area contributed by atoms with E-state index < -0.39 is 6.04 Å². The average molecular weight is 200 g/mol. The summed E-state index contributed by atoms with van der Waals surface area (Å²) in [5, 5.41) is 5.59. The number of esters is 1. The normalized spacial score (nSPS) is 17.3. The summed E-state index contributed by atoms with van der Waals surface area (Å²) < 4.78 is 4.50. The maximum absolute atomic E-state index is 11.2. The van der Waals surface area contributed by atoms with Gasteiger partial charge in [0.15, 0.2) is 0 Å². The van der Waals surface area contributed by atoms with Crippen LogP contribution in [0.1, 0.15) is 19.8 Å². The zero-order valence-corrected chi connectivity index (χ0v) is 8.50. The molecular formula is C9H16N2O3. The fourth-order valence-corrected chi connectivity index (χ4v) is 1.01. The summed E-state index contributed by atoms with van der Waals surface area (Å²) in [6.07, 6.45) is 2.14. The van der Waals surface area contributed by atoms with Crippen molar-refractivity contribution in [2.24, 2.45) is 0 Å². The number of rotatable bonds is 5. The van der Waals surface area contributed by atoms with Gasteiger partial charge in [-0.3, -0.25) is 14.9 Å². The van der Waals surface area contributed by atoms with Crippen molar-refractivity contribution in [2.45, 2.75) is 31.8 Å². The Morgan fingerprint density at radius 1 is 1.50 bits per heavy atom. The molecule has 5 heteroatoms. The van der Waals surface area contributed by atoms with Crippen molar-refractivity contribution >= 4 is 11.9 Å². The molecule has 1 amide bonds. The van der Waals surface area contributed by atoms with Crippen molar-refractivity contribution in [2.75, 3.05) is 13.7 Å². The second kappa shape index (κ2) is 4.95. The molecule has 14 heavy (non-hydrogen) atoms. The highest BCUT2D eigenvalue weighted by molar-refractivity contribution is 5.80. The molecule has 1 unspecified atom stereocenters. The Bertz CT molecular complexity index is 226. The summed E-state index contributed by atoms with van der Waals surface area (Å²) >= 11 is 0. The van der Waals surface area contributed by atoms with Gasteiger partial charge in [-0.25, -0.2) is 0 Å². The third-order valence-electron chi connectivity index (χ3n) is 2.07. The molecule has 1 saturated carbocycles. The number of hydrogen-bond donors (Lipinski definition) is 2. The topological polar surface area (TPSA) is 67.4 Å². The third kappa shape index (κ3) is 3.74. The molecule has 80 valence electrons. The Balaban J connectivity index is 2.11. The first-order valence-electron chi connectivity index (χ1n) is 4.74. The van der Waals surface area contributed by atoms with Gasteiger partial charge in [0, 0.05) is 6.04 Å². The predicted molar refractivity (Wildman–Crippen MR) is 50.6 cm³/mol. The summed E-state index contributed by atoms with van der Waals surface area (Å²) in [6.45, 7) is 1.82. The quantitative estimate of drug-likeness (QED) is 0.582. The number of hydrogen-bond acceptors (Lipinski definition) is 4. The van der Waals surface area contributed by atoms with Gasteiger partial charge in [0.1, 0.15) is 6.04 Å². The fraction of sp³-hybridized carbons (Fsp3) is 0.778. The van der Waals surface area contributed by atoms with Gasteiger partial charge in [-0.05, 0) is 19.8 Å². The Morgan fingerprint density at radius 2 is 2.14 bits per heavy atom. The number of carbonyl (C=O) groups is 2. The summed E-state index contributed by atoms with van der Waals surface area (Å²) in [7, 11) is 1.32. The van der Waals surface area contributed by atoms with Crippen LogP contribution in [0.25, 0.3) is 0 Å². The first-order chi connectivity index (χ1) is 6.63. The molecule has 1 aliphatic carbocycles. The van der Waals surface area contributed by atoms with E-state index in [1.807, 2.05) is 0 Å². The van der Waals surface area contributed by atoms with Gasteiger partial charge in [-0.1, -0.05) is 0 Å². The van der Waals surface area contributed by atoms with Crippen LogP contribution in [-0.4, -0.2) is 37.6 Å². The molecule has 0 radical (unpaired) electrons. The van der Waals surface area contributed by atoms with Gasteiger partial charge in [0.05, 0.1) is 13.7 Å². The van der Waals surface area contributed by atoms with E-state index in [1.54, 1.807) is 6.92 Å². The van der Waals surface area contributed by atoms with Gasteiger partial charge < -0.3 is 10.1 Å². The second-order valence-electron chi connectivity index (χ2n) is 3.47. The molecule has 0 aromatic carbocycles. The highest BCUT2D eigenvalue weighted by Gasteiger charge is 2.23. The summed E-state index contributed by atoms with van der Waals surface area (Å²) in [5.41, 5.74) is 0. The largest absolute Gasteiger partial charge is 0.468 e. The molecule has 1 rings (SSSR count). The van der Waals surface area contributed by atoms with Crippen LogP contribution in [0.4, 0.5) is 0 Å². The SMILES string of the molecule is COC(=O)C(C)NCC(=O)NC1CC1. The Kier molecular flexibility index (Phi) is 3.88. The minimum absolute atomic E-state index is 0.0664. The molecule has 0 aromatic heterocycles. The zero-order chi connectivity index (χ0) is 10.6. The van der Waals surface area contributed by atoms with Crippen LogP contribution < -0.4 is 10.6 Å². The van der Waals surface area contributed by atoms with Crippen molar-refractivity contribution in [3.05, 3.63) is 0 Å². The van der Waals surface area contributed by atoms with Crippen molar-refractivity contribution in [3.8, 4) is 0 Å². The highest BCUT2D eigenvalue weighted by Crippen LogP contribution is 2.18. The van der Waals surface area contributed by atoms with Gasteiger partial charge in [-0.2, -0.15) is 0 Å². The van der Waals surface area contributed by atoms with E-state index in [1.165, 1.54) is 7.11 Å². The Hall–Kier alpha value is -1.10. The number of carbonyl (C=O) groups excluding carboxylic acids is 2. The maximum Gasteiger partial charge on any atom is 0.322 e. The monoisotopic (exact) mass is 200 g/mol. The minimum Gasteiger partial charge on any atom is -0.468 e. The van der Waals surface area contributed by atoms with E-state index in [4.69, 9.17) is 0 Å². The molecule has 2 N–H and O–H groups in total. The van der Waals surface area contributed by atoms with E-state index in [9.17, 15) is 9.59 Å². The first kappa shape index (κ1) is 11.0. The van der Waals surface area contributed by atoms with Crippen LogP contribution >= 0.6 is 0 Å². The molecular weight excluding hydrogens is 184 g/mol. The predicted octanol–water partition coefficient (Wildman–Crippen LogP) is -0.584. The average Bonchev–Trinajstić information content (AvgIpc) is 2.96. The lowest BCUT2D eigenvalue weighted by Gasteiger charge is -2.10. The number of methoxy groups -OCH3 is 1. The zero-order valence-electron chi connectivity index (χ0n) is 8.50. The van der Waals surface area contributed by atoms with Gasteiger partial charge >= 0.3 is 5.97 Å². The molecule has 1 atom stereocenters. The van der Waals surface area contributed by atoms with Crippen molar-refractivity contribution in [1.82, 2.24) is 10.6 Å². The molecule has 0 aliphatic heterocycles. The molecule has 1 aliphatic rings. The number of nitrogens with one attached hydrogen (secondary N) is 2. The van der Waals surface area contributed by atoms with Crippen molar-refractivity contribution in [3.63, 3.8) is 0 Å². The van der Waals surface area contributed by atoms with Crippen LogP contribution in [0, 0.1) is 0 Å². The van der Waals surface area contributed by atoms with Crippen molar-refractivity contribution < 1.29 is 14.3 Å². The molecule has 0 bridgehead atoms. The van der Waals surface area contributed by atoms with Crippen LogP contribution in [0.3, 0.4) is 0 Å². The van der Waals surface area contributed by atoms with Gasteiger partial charge in [0.25, 0.3) is 0 Å². The van der Waals surface area contributed by atoms with E-state index in [-0.39, 0.29) is 18.4 Å². The van der Waals surface area contributed by atoms with E-state index in [2.05, 4.69) is 15.4 Å². The summed E-state index contributed by atoms with van der Waals surface area (Å²) in [6, 6.07) is -0.0808. The maximum atomic E-state index is 11.2. The smallest absolute Gasteiger partial charge is 0.322 e. The molecule has 0 aromatic rings. The highest BCUT2D eigenvalue weighted by atomic mass is 16.5. The molecule has 1 fully saturated rings. The fourth-order valence-electron chi connectivity index (χ4n) is 1.01. The van der Waals surface area contributed by atoms with E-state index in [0.29, 0.717) is 6.04 Å². The lowest BCUT2D eigenvalue weighted by Crippen LogP contribution is -2.42. The Labute approximate surface area is 83.2 Å². The van der Waals surface area contributed by atoms with E-state index in [0.717, 1.165) is 12.8 Å². The van der Waals surface area contributed by atoms with Crippen LogP contribution in [0.2, 0.25) is 0 Å².